The monoisotopic (exact) mass is 432 g/mol. The summed E-state index contributed by atoms with van der Waals surface area (Å²) in [5.41, 5.74) is 15.2. The highest BCUT2D eigenvalue weighted by atomic mass is 15.4. The van der Waals surface area contributed by atoms with Crippen LogP contribution in [-0.2, 0) is 0 Å². The van der Waals surface area contributed by atoms with Gasteiger partial charge in [-0.3, -0.25) is 5.43 Å². The van der Waals surface area contributed by atoms with E-state index in [1.54, 1.807) is 0 Å². The molecule has 2 aliphatic carbocycles. The number of nitrogens with one attached hydrogen (secondary N) is 3. The second-order valence-electron chi connectivity index (χ2n) is 8.93. The molecule has 0 unspecified atom stereocenters. The summed E-state index contributed by atoms with van der Waals surface area (Å²) in [7, 11) is 0. The number of rotatable bonds is 7. The first-order valence-electron chi connectivity index (χ1n) is 11.8. The minimum Gasteiger partial charge on any atom is -0.351 e. The van der Waals surface area contributed by atoms with E-state index in [0.717, 1.165) is 42.4 Å². The van der Waals surface area contributed by atoms with Crippen LogP contribution in [0, 0.1) is 0 Å². The quantitative estimate of drug-likeness (QED) is 0.414. The molecular formula is C24H32N8. The van der Waals surface area contributed by atoms with Gasteiger partial charge in [0.1, 0.15) is 0 Å². The normalized spacial score (nSPS) is 21.9. The molecule has 5 rings (SSSR count). The third kappa shape index (κ3) is 4.70. The van der Waals surface area contributed by atoms with Gasteiger partial charge in [0.2, 0.25) is 5.95 Å². The molecule has 32 heavy (non-hydrogen) atoms. The van der Waals surface area contributed by atoms with Crippen molar-refractivity contribution in [2.24, 2.45) is 5.73 Å². The van der Waals surface area contributed by atoms with E-state index in [9.17, 15) is 0 Å². The molecule has 2 aliphatic rings. The Balaban J connectivity index is 1.38. The molecule has 0 spiro atoms. The van der Waals surface area contributed by atoms with Gasteiger partial charge in [-0.05, 0) is 50.2 Å². The van der Waals surface area contributed by atoms with Crippen molar-refractivity contribution in [3.05, 3.63) is 48.4 Å². The van der Waals surface area contributed by atoms with E-state index in [1.165, 1.54) is 25.7 Å². The minimum atomic E-state index is 0.318. The molecule has 0 aliphatic heterocycles. The van der Waals surface area contributed by atoms with Crippen molar-refractivity contribution >= 4 is 29.0 Å². The summed E-state index contributed by atoms with van der Waals surface area (Å²) in [6.45, 7) is 0. The summed E-state index contributed by atoms with van der Waals surface area (Å²) in [5, 5.41) is 3.55. The largest absolute Gasteiger partial charge is 0.351 e. The molecule has 3 aromatic rings. The Kier molecular flexibility index (Phi) is 6.20. The maximum Gasteiger partial charge on any atom is 0.227 e. The molecule has 0 saturated heterocycles. The number of fused-ring (bicyclic) bond motifs is 1. The summed E-state index contributed by atoms with van der Waals surface area (Å²) < 4.78 is 2.23. The Morgan fingerprint density at radius 1 is 0.969 bits per heavy atom. The zero-order chi connectivity index (χ0) is 21.8. The van der Waals surface area contributed by atoms with Gasteiger partial charge in [-0.25, -0.2) is 4.98 Å². The summed E-state index contributed by atoms with van der Waals surface area (Å²) in [4.78, 5) is 14.3. The second kappa shape index (κ2) is 9.56. The van der Waals surface area contributed by atoms with E-state index in [-0.39, 0.29) is 0 Å². The van der Waals surface area contributed by atoms with Crippen LogP contribution in [0.3, 0.4) is 0 Å². The average Bonchev–Trinajstić information content (AvgIpc) is 3.49. The molecule has 1 aromatic carbocycles. The van der Waals surface area contributed by atoms with E-state index >= 15 is 0 Å². The Morgan fingerprint density at radius 2 is 1.75 bits per heavy atom. The van der Waals surface area contributed by atoms with Crippen LogP contribution in [0.1, 0.15) is 63.0 Å². The molecule has 0 radical (unpaired) electrons. The van der Waals surface area contributed by atoms with Gasteiger partial charge < -0.3 is 21.0 Å². The SMILES string of the molecule is NC1CCC(Nc2nc(NNC=Cc3ccccc3)c3ncn(C4CCCC4)c3n2)CC1. The summed E-state index contributed by atoms with van der Waals surface area (Å²) in [6.07, 6.45) is 14.9. The maximum absolute atomic E-state index is 6.08. The first-order valence-corrected chi connectivity index (χ1v) is 11.8. The molecular weight excluding hydrogens is 400 g/mol. The molecule has 8 heteroatoms. The number of aromatic nitrogens is 4. The van der Waals surface area contributed by atoms with Crippen molar-refractivity contribution in [1.29, 1.82) is 0 Å². The lowest BCUT2D eigenvalue weighted by molar-refractivity contribution is 0.410. The second-order valence-corrected chi connectivity index (χ2v) is 8.93. The van der Waals surface area contributed by atoms with Crippen LogP contribution < -0.4 is 21.9 Å². The van der Waals surface area contributed by atoms with Gasteiger partial charge in [0.25, 0.3) is 0 Å². The maximum atomic E-state index is 6.08. The lowest BCUT2D eigenvalue weighted by Crippen LogP contribution is -2.33. The van der Waals surface area contributed by atoms with Crippen molar-refractivity contribution in [1.82, 2.24) is 24.9 Å². The van der Waals surface area contributed by atoms with E-state index in [1.807, 2.05) is 36.8 Å². The standard InChI is InChI=1S/C24H32N8/c25-18-10-12-19(13-11-18)28-24-29-22(31-27-15-14-17-6-2-1-3-7-17)21-23(30-24)32(16-26-21)20-8-4-5-9-20/h1-3,6-7,14-16,18-20,27H,4-5,8-13,25H2,(H2,28,29,30,31). The number of hydrazine groups is 1. The zero-order valence-electron chi connectivity index (χ0n) is 18.4. The number of nitrogens with zero attached hydrogens (tertiary/aromatic N) is 4. The fourth-order valence-electron chi connectivity index (χ4n) is 4.78. The molecule has 8 nitrogen and oxygen atoms in total. The zero-order valence-corrected chi connectivity index (χ0v) is 18.4. The highest BCUT2D eigenvalue weighted by Crippen LogP contribution is 2.33. The first kappa shape index (κ1) is 20.8. The molecule has 0 amide bonds. The van der Waals surface area contributed by atoms with Crippen LogP contribution in [0.4, 0.5) is 11.8 Å². The number of hydrogen-bond donors (Lipinski definition) is 4. The smallest absolute Gasteiger partial charge is 0.227 e. The fraction of sp³-hybridized carbons (Fsp3) is 0.458. The third-order valence-electron chi connectivity index (χ3n) is 6.59. The molecule has 168 valence electrons. The summed E-state index contributed by atoms with van der Waals surface area (Å²) in [5.74, 6) is 1.33. The van der Waals surface area contributed by atoms with E-state index < -0.39 is 0 Å². The number of anilines is 2. The van der Waals surface area contributed by atoms with Crippen molar-refractivity contribution in [2.45, 2.75) is 69.5 Å². The van der Waals surface area contributed by atoms with Crippen LogP contribution in [-0.4, -0.2) is 31.6 Å². The van der Waals surface area contributed by atoms with Gasteiger partial charge in [-0.15, -0.1) is 0 Å². The van der Waals surface area contributed by atoms with Crippen molar-refractivity contribution < 1.29 is 0 Å². The Morgan fingerprint density at radius 3 is 2.53 bits per heavy atom. The Labute approximate surface area is 188 Å². The van der Waals surface area contributed by atoms with Crippen LogP contribution in [0.15, 0.2) is 42.9 Å². The predicted octanol–water partition coefficient (Wildman–Crippen LogP) is 4.21. The Bertz CT molecular complexity index is 1050. The number of hydrogen-bond acceptors (Lipinski definition) is 7. The van der Waals surface area contributed by atoms with Gasteiger partial charge in [0.15, 0.2) is 17.0 Å². The van der Waals surface area contributed by atoms with Crippen LogP contribution in [0.2, 0.25) is 0 Å². The van der Waals surface area contributed by atoms with Crippen molar-refractivity contribution in [3.8, 4) is 0 Å². The van der Waals surface area contributed by atoms with Crippen LogP contribution in [0.25, 0.3) is 17.2 Å². The van der Waals surface area contributed by atoms with Crippen molar-refractivity contribution in [2.75, 3.05) is 10.7 Å². The van der Waals surface area contributed by atoms with E-state index in [0.29, 0.717) is 29.9 Å². The molecule has 2 saturated carbocycles. The van der Waals surface area contributed by atoms with Crippen molar-refractivity contribution in [3.63, 3.8) is 0 Å². The molecule has 0 bridgehead atoms. The van der Waals surface area contributed by atoms with Gasteiger partial charge in [-0.2, -0.15) is 9.97 Å². The lowest BCUT2D eigenvalue weighted by Gasteiger charge is -2.27. The Hall–Kier alpha value is -3.13. The highest BCUT2D eigenvalue weighted by Gasteiger charge is 2.23. The third-order valence-corrected chi connectivity index (χ3v) is 6.59. The minimum absolute atomic E-state index is 0.318. The van der Waals surface area contributed by atoms with E-state index in [4.69, 9.17) is 15.7 Å². The summed E-state index contributed by atoms with van der Waals surface area (Å²) in [6, 6.07) is 11.3. The summed E-state index contributed by atoms with van der Waals surface area (Å²) >= 11 is 0. The van der Waals surface area contributed by atoms with Gasteiger partial charge >= 0.3 is 0 Å². The molecule has 0 atom stereocenters. The number of imidazole rings is 1. The molecule has 2 fully saturated rings. The molecule has 2 heterocycles. The van der Waals surface area contributed by atoms with Gasteiger partial charge in [0.05, 0.1) is 6.33 Å². The topological polar surface area (TPSA) is 106 Å². The lowest BCUT2D eigenvalue weighted by atomic mass is 9.92. The highest BCUT2D eigenvalue weighted by molar-refractivity contribution is 5.84. The molecule has 2 aromatic heterocycles. The van der Waals surface area contributed by atoms with Crippen LogP contribution >= 0.6 is 0 Å². The van der Waals surface area contributed by atoms with E-state index in [2.05, 4.69) is 37.9 Å². The average molecular weight is 433 g/mol. The fourth-order valence-corrected chi connectivity index (χ4v) is 4.78. The van der Waals surface area contributed by atoms with Gasteiger partial charge in [0, 0.05) is 24.3 Å². The predicted molar refractivity (Wildman–Crippen MR) is 129 cm³/mol. The first-order chi connectivity index (χ1) is 15.8. The van der Waals surface area contributed by atoms with Gasteiger partial charge in [-0.1, -0.05) is 43.2 Å². The van der Waals surface area contributed by atoms with Crippen LogP contribution in [0.5, 0.6) is 0 Å². The number of benzene rings is 1. The molecule has 5 N–H and O–H groups in total. The number of nitrogens with two attached hydrogens (primary N) is 1.